The van der Waals surface area contributed by atoms with Crippen LogP contribution in [0.4, 0.5) is 4.79 Å². The Morgan fingerprint density at radius 1 is 1.43 bits per heavy atom. The lowest BCUT2D eigenvalue weighted by atomic mass is 9.98. The number of amides is 1. The van der Waals surface area contributed by atoms with Crippen LogP contribution in [0.5, 0.6) is 0 Å². The van der Waals surface area contributed by atoms with Gasteiger partial charge in [-0.15, -0.1) is 0 Å². The smallest absolute Gasteiger partial charge is 0.412 e. The quantitative estimate of drug-likeness (QED) is 0.894. The van der Waals surface area contributed by atoms with Crippen molar-refractivity contribution in [2.24, 2.45) is 0 Å². The first-order valence-corrected chi connectivity index (χ1v) is 6.66. The van der Waals surface area contributed by atoms with E-state index in [1.165, 1.54) is 12.0 Å². The maximum atomic E-state index is 12.2. The van der Waals surface area contributed by atoms with Gasteiger partial charge in [-0.25, -0.2) is 4.79 Å². The first-order chi connectivity index (χ1) is 9.86. The van der Waals surface area contributed by atoms with Crippen molar-refractivity contribution >= 4 is 11.9 Å². The van der Waals surface area contributed by atoms with E-state index in [1.807, 2.05) is 6.07 Å². The standard InChI is InChI=1S/C15H19NO5/c1-15(2)16(14(19)20-3)9-11(17)13(21-15)12(18)10-7-5-4-6-8-10/h4-8,12-13,18H,9H2,1-3H3/t12-,13+/m0/s1. The largest absolute Gasteiger partial charge is 0.453 e. The molecule has 1 aromatic carbocycles. The number of benzene rings is 1. The van der Waals surface area contributed by atoms with Crippen molar-refractivity contribution in [1.29, 1.82) is 0 Å². The fraction of sp³-hybridized carbons (Fsp3) is 0.467. The highest BCUT2D eigenvalue weighted by atomic mass is 16.6. The fourth-order valence-electron chi connectivity index (χ4n) is 2.34. The minimum Gasteiger partial charge on any atom is -0.453 e. The van der Waals surface area contributed by atoms with E-state index in [1.54, 1.807) is 38.1 Å². The molecule has 1 aliphatic heterocycles. The molecule has 6 heteroatoms. The normalized spacial score (nSPS) is 22.8. The number of ether oxygens (including phenoxy) is 2. The topological polar surface area (TPSA) is 76.1 Å². The number of rotatable bonds is 2. The van der Waals surface area contributed by atoms with Crippen molar-refractivity contribution in [1.82, 2.24) is 4.90 Å². The number of methoxy groups -OCH3 is 1. The van der Waals surface area contributed by atoms with E-state index in [0.717, 1.165) is 0 Å². The second-order valence-electron chi connectivity index (χ2n) is 5.36. The lowest BCUT2D eigenvalue weighted by Crippen LogP contribution is -2.61. The number of carbonyl (C=O) groups is 2. The zero-order chi connectivity index (χ0) is 15.6. The lowest BCUT2D eigenvalue weighted by molar-refractivity contribution is -0.208. The Labute approximate surface area is 123 Å². The maximum Gasteiger partial charge on any atom is 0.412 e. The molecular formula is C15H19NO5. The fourth-order valence-corrected chi connectivity index (χ4v) is 2.34. The molecule has 0 radical (unpaired) electrons. The molecule has 1 aliphatic rings. The summed E-state index contributed by atoms with van der Waals surface area (Å²) in [6, 6.07) is 8.82. The third kappa shape index (κ3) is 3.06. The number of hydrogen-bond acceptors (Lipinski definition) is 5. The highest BCUT2D eigenvalue weighted by Gasteiger charge is 2.46. The number of aliphatic hydroxyl groups is 1. The van der Waals surface area contributed by atoms with E-state index < -0.39 is 24.0 Å². The van der Waals surface area contributed by atoms with Crippen LogP contribution < -0.4 is 0 Å². The van der Waals surface area contributed by atoms with Gasteiger partial charge in [0.2, 0.25) is 0 Å². The van der Waals surface area contributed by atoms with Gasteiger partial charge in [-0.2, -0.15) is 0 Å². The zero-order valence-electron chi connectivity index (χ0n) is 12.3. The van der Waals surface area contributed by atoms with Crippen LogP contribution in [0.2, 0.25) is 0 Å². The SMILES string of the molecule is COC(=O)N1CC(=O)[C@H]([C@@H](O)c2ccccc2)OC1(C)C. The van der Waals surface area contributed by atoms with Gasteiger partial charge in [-0.05, 0) is 19.4 Å². The summed E-state index contributed by atoms with van der Waals surface area (Å²) in [5.74, 6) is -0.365. The molecule has 2 rings (SSSR count). The third-order valence-corrected chi connectivity index (χ3v) is 3.52. The van der Waals surface area contributed by atoms with Crippen LogP contribution in [-0.4, -0.2) is 47.4 Å². The Bertz CT molecular complexity index is 528. The number of carbonyl (C=O) groups excluding carboxylic acids is 2. The third-order valence-electron chi connectivity index (χ3n) is 3.52. The summed E-state index contributed by atoms with van der Waals surface area (Å²) in [7, 11) is 1.24. The molecule has 0 aromatic heterocycles. The van der Waals surface area contributed by atoms with E-state index in [-0.39, 0.29) is 12.3 Å². The van der Waals surface area contributed by atoms with Crippen molar-refractivity contribution < 1.29 is 24.2 Å². The van der Waals surface area contributed by atoms with E-state index in [0.29, 0.717) is 5.56 Å². The summed E-state index contributed by atoms with van der Waals surface area (Å²) in [5.41, 5.74) is -0.445. The molecule has 1 aromatic rings. The van der Waals surface area contributed by atoms with Crippen LogP contribution >= 0.6 is 0 Å². The number of hydrogen-bond donors (Lipinski definition) is 1. The number of ketones is 1. The highest BCUT2D eigenvalue weighted by molar-refractivity contribution is 5.89. The van der Waals surface area contributed by atoms with Crippen LogP contribution in [0.1, 0.15) is 25.5 Å². The first-order valence-electron chi connectivity index (χ1n) is 6.66. The molecular weight excluding hydrogens is 274 g/mol. The second-order valence-corrected chi connectivity index (χ2v) is 5.36. The average molecular weight is 293 g/mol. The molecule has 1 amide bonds. The first kappa shape index (κ1) is 15.5. The predicted octanol–water partition coefficient (Wildman–Crippen LogP) is 1.49. The summed E-state index contributed by atoms with van der Waals surface area (Å²) in [4.78, 5) is 25.1. The lowest BCUT2D eigenvalue weighted by Gasteiger charge is -2.44. The second kappa shape index (κ2) is 5.83. The molecule has 6 nitrogen and oxygen atoms in total. The van der Waals surface area contributed by atoms with Gasteiger partial charge in [-0.3, -0.25) is 9.69 Å². The Kier molecular flexibility index (Phi) is 4.29. The molecule has 2 atom stereocenters. The van der Waals surface area contributed by atoms with Gasteiger partial charge in [0.15, 0.2) is 11.9 Å². The van der Waals surface area contributed by atoms with Gasteiger partial charge in [-0.1, -0.05) is 30.3 Å². The van der Waals surface area contributed by atoms with Crippen molar-refractivity contribution in [2.45, 2.75) is 31.8 Å². The molecule has 0 saturated carbocycles. The van der Waals surface area contributed by atoms with Crippen molar-refractivity contribution in [2.75, 3.05) is 13.7 Å². The molecule has 0 spiro atoms. The van der Waals surface area contributed by atoms with E-state index >= 15 is 0 Å². The summed E-state index contributed by atoms with van der Waals surface area (Å²) in [6.45, 7) is 3.15. The van der Waals surface area contributed by atoms with Gasteiger partial charge in [0, 0.05) is 0 Å². The summed E-state index contributed by atoms with van der Waals surface area (Å²) < 4.78 is 10.3. The monoisotopic (exact) mass is 293 g/mol. The van der Waals surface area contributed by atoms with E-state index in [4.69, 9.17) is 4.74 Å². The Morgan fingerprint density at radius 3 is 2.62 bits per heavy atom. The van der Waals surface area contributed by atoms with E-state index in [2.05, 4.69) is 4.74 Å². The summed E-state index contributed by atoms with van der Waals surface area (Å²) >= 11 is 0. The molecule has 0 bridgehead atoms. The number of aliphatic hydroxyl groups excluding tert-OH is 1. The van der Waals surface area contributed by atoms with Crippen molar-refractivity contribution in [3.63, 3.8) is 0 Å². The van der Waals surface area contributed by atoms with Crippen LogP contribution in [0.15, 0.2) is 30.3 Å². The zero-order valence-corrected chi connectivity index (χ0v) is 12.3. The molecule has 114 valence electrons. The summed E-state index contributed by atoms with van der Waals surface area (Å²) in [5, 5.41) is 10.3. The van der Waals surface area contributed by atoms with Crippen LogP contribution in [0.25, 0.3) is 0 Å². The van der Waals surface area contributed by atoms with Gasteiger partial charge in [0.05, 0.1) is 13.7 Å². The molecule has 1 heterocycles. The van der Waals surface area contributed by atoms with Crippen molar-refractivity contribution in [3.05, 3.63) is 35.9 Å². The van der Waals surface area contributed by atoms with Gasteiger partial charge in [0.1, 0.15) is 11.8 Å². The molecule has 0 unspecified atom stereocenters. The average Bonchev–Trinajstić information content (AvgIpc) is 2.48. The van der Waals surface area contributed by atoms with E-state index in [9.17, 15) is 14.7 Å². The number of Topliss-reactive ketones (excluding diaryl/α,β-unsaturated/α-hetero) is 1. The summed E-state index contributed by atoms with van der Waals surface area (Å²) in [6.07, 6.45) is -2.72. The van der Waals surface area contributed by atoms with Gasteiger partial charge >= 0.3 is 6.09 Å². The highest BCUT2D eigenvalue weighted by Crippen LogP contribution is 2.31. The maximum absolute atomic E-state index is 12.2. The Morgan fingerprint density at radius 2 is 2.05 bits per heavy atom. The van der Waals surface area contributed by atoms with Gasteiger partial charge in [0.25, 0.3) is 0 Å². The van der Waals surface area contributed by atoms with Crippen LogP contribution in [0.3, 0.4) is 0 Å². The molecule has 1 fully saturated rings. The number of nitrogens with zero attached hydrogens (tertiary/aromatic N) is 1. The van der Waals surface area contributed by atoms with Crippen LogP contribution in [-0.2, 0) is 14.3 Å². The van der Waals surface area contributed by atoms with Crippen molar-refractivity contribution in [3.8, 4) is 0 Å². The molecule has 0 aliphatic carbocycles. The molecule has 21 heavy (non-hydrogen) atoms. The predicted molar refractivity (Wildman–Crippen MR) is 74.5 cm³/mol. The van der Waals surface area contributed by atoms with Gasteiger partial charge < -0.3 is 14.6 Å². The minimum atomic E-state index is -1.07. The van der Waals surface area contributed by atoms with Crippen LogP contribution in [0, 0.1) is 0 Å². The molecule has 1 saturated heterocycles. The Hall–Kier alpha value is -1.92. The minimum absolute atomic E-state index is 0.158. The Balaban J connectivity index is 2.21. The molecule has 1 N–H and O–H groups in total.